The van der Waals surface area contributed by atoms with Gasteiger partial charge in [-0.15, -0.1) is 0 Å². The largest absolute Gasteiger partial charge is 0.338 e. The first kappa shape index (κ1) is 14.2. The molecule has 19 heavy (non-hydrogen) atoms. The molecule has 0 unspecified atom stereocenters. The van der Waals surface area contributed by atoms with Gasteiger partial charge in [0.15, 0.2) is 0 Å². The number of urea groups is 1. The van der Waals surface area contributed by atoms with E-state index in [1.807, 2.05) is 35.3 Å². The normalized spacial score (nSPS) is 15.6. The van der Waals surface area contributed by atoms with Gasteiger partial charge in [-0.2, -0.15) is 16.9 Å². The number of aromatic nitrogens is 2. The van der Waals surface area contributed by atoms with Gasteiger partial charge in [0, 0.05) is 43.9 Å². The number of hydrogen-bond acceptors (Lipinski definition) is 3. The van der Waals surface area contributed by atoms with Gasteiger partial charge in [-0.1, -0.05) is 0 Å². The lowest BCUT2D eigenvalue weighted by Gasteiger charge is -2.26. The standard InChI is InChI=1S/C13H22N4OS/c1-10-12(11(2)16(3)15-10)4-5-14-13(18)17-6-8-19-9-7-17/h4-9H2,1-3H3,(H,14,18). The highest BCUT2D eigenvalue weighted by Gasteiger charge is 2.16. The van der Waals surface area contributed by atoms with E-state index in [0.717, 1.165) is 36.7 Å². The zero-order valence-electron chi connectivity index (χ0n) is 11.9. The molecule has 1 aromatic rings. The molecule has 0 spiro atoms. The highest BCUT2D eigenvalue weighted by molar-refractivity contribution is 7.99. The molecule has 2 amide bonds. The molecule has 2 heterocycles. The fourth-order valence-electron chi connectivity index (χ4n) is 2.35. The van der Waals surface area contributed by atoms with Crippen LogP contribution < -0.4 is 5.32 Å². The molecule has 106 valence electrons. The lowest BCUT2D eigenvalue weighted by atomic mass is 10.1. The molecule has 1 N–H and O–H groups in total. The van der Waals surface area contributed by atoms with Crippen LogP contribution in [0.25, 0.3) is 0 Å². The first-order valence-electron chi connectivity index (χ1n) is 6.69. The summed E-state index contributed by atoms with van der Waals surface area (Å²) in [6, 6.07) is 0.0690. The van der Waals surface area contributed by atoms with Gasteiger partial charge < -0.3 is 10.2 Å². The summed E-state index contributed by atoms with van der Waals surface area (Å²) >= 11 is 1.91. The minimum Gasteiger partial charge on any atom is -0.338 e. The summed E-state index contributed by atoms with van der Waals surface area (Å²) in [5.74, 6) is 2.10. The van der Waals surface area contributed by atoms with Crippen LogP contribution in [0.3, 0.4) is 0 Å². The Kier molecular flexibility index (Phi) is 4.74. The lowest BCUT2D eigenvalue weighted by Crippen LogP contribution is -2.44. The van der Waals surface area contributed by atoms with Crippen LogP contribution in [0, 0.1) is 13.8 Å². The maximum Gasteiger partial charge on any atom is 0.317 e. The Balaban J connectivity index is 1.81. The van der Waals surface area contributed by atoms with E-state index >= 15 is 0 Å². The molecule has 0 bridgehead atoms. The molecule has 1 aliphatic heterocycles. The minimum atomic E-state index is 0.0690. The maximum absolute atomic E-state index is 11.9. The fourth-order valence-corrected chi connectivity index (χ4v) is 3.26. The first-order chi connectivity index (χ1) is 9.09. The average Bonchev–Trinajstić information content (AvgIpc) is 2.66. The average molecular weight is 282 g/mol. The van der Waals surface area contributed by atoms with E-state index in [9.17, 15) is 4.79 Å². The molecule has 0 radical (unpaired) electrons. The van der Waals surface area contributed by atoms with Crippen molar-refractivity contribution >= 4 is 17.8 Å². The van der Waals surface area contributed by atoms with E-state index in [2.05, 4.69) is 17.3 Å². The van der Waals surface area contributed by atoms with Crippen molar-refractivity contribution < 1.29 is 4.79 Å². The third-order valence-electron chi connectivity index (χ3n) is 3.61. The quantitative estimate of drug-likeness (QED) is 0.910. The number of rotatable bonds is 3. The third kappa shape index (κ3) is 3.43. The molecule has 1 saturated heterocycles. The number of nitrogens with one attached hydrogen (secondary N) is 1. The minimum absolute atomic E-state index is 0.0690. The van der Waals surface area contributed by atoms with Crippen LogP contribution in [0.1, 0.15) is 17.0 Å². The molecule has 1 fully saturated rings. The molecule has 0 saturated carbocycles. The van der Waals surface area contributed by atoms with Gasteiger partial charge >= 0.3 is 6.03 Å². The van der Waals surface area contributed by atoms with Gasteiger partial charge in [-0.25, -0.2) is 4.79 Å². The van der Waals surface area contributed by atoms with Crippen molar-refractivity contribution in [2.45, 2.75) is 20.3 Å². The van der Waals surface area contributed by atoms with Crippen molar-refractivity contribution in [3.8, 4) is 0 Å². The van der Waals surface area contributed by atoms with Gasteiger partial charge in [0.2, 0.25) is 0 Å². The van der Waals surface area contributed by atoms with Crippen molar-refractivity contribution in [2.24, 2.45) is 7.05 Å². The Morgan fingerprint density at radius 2 is 2.05 bits per heavy atom. The zero-order valence-corrected chi connectivity index (χ0v) is 12.7. The van der Waals surface area contributed by atoms with Gasteiger partial charge in [0.25, 0.3) is 0 Å². The van der Waals surface area contributed by atoms with E-state index < -0.39 is 0 Å². The predicted octanol–water partition coefficient (Wildman–Crippen LogP) is 1.34. The van der Waals surface area contributed by atoms with E-state index in [1.54, 1.807) is 0 Å². The SMILES string of the molecule is Cc1nn(C)c(C)c1CCNC(=O)N1CCSCC1. The highest BCUT2D eigenvalue weighted by atomic mass is 32.2. The van der Waals surface area contributed by atoms with Crippen LogP contribution >= 0.6 is 11.8 Å². The topological polar surface area (TPSA) is 50.2 Å². The Morgan fingerprint density at radius 3 is 2.63 bits per heavy atom. The number of carbonyl (C=O) groups is 1. The number of carbonyl (C=O) groups excluding carboxylic acids is 1. The summed E-state index contributed by atoms with van der Waals surface area (Å²) in [5, 5.41) is 7.39. The van der Waals surface area contributed by atoms with Gasteiger partial charge in [-0.3, -0.25) is 4.68 Å². The summed E-state index contributed by atoms with van der Waals surface area (Å²) in [6.07, 6.45) is 0.847. The highest BCUT2D eigenvalue weighted by Crippen LogP contribution is 2.12. The van der Waals surface area contributed by atoms with Gasteiger partial charge in [0.1, 0.15) is 0 Å². The number of aryl methyl sites for hydroxylation is 2. The van der Waals surface area contributed by atoms with Crippen LogP contribution in [0.2, 0.25) is 0 Å². The monoisotopic (exact) mass is 282 g/mol. The predicted molar refractivity (Wildman–Crippen MR) is 78.7 cm³/mol. The van der Waals surface area contributed by atoms with Crippen LogP contribution in [0.5, 0.6) is 0 Å². The van der Waals surface area contributed by atoms with Gasteiger partial charge in [-0.05, 0) is 25.8 Å². The number of amides is 2. The number of hydrogen-bond donors (Lipinski definition) is 1. The van der Waals surface area contributed by atoms with E-state index in [1.165, 1.54) is 11.3 Å². The Bertz CT molecular complexity index is 452. The smallest absolute Gasteiger partial charge is 0.317 e. The lowest BCUT2D eigenvalue weighted by molar-refractivity contribution is 0.203. The molecule has 1 aliphatic rings. The molecule has 6 heteroatoms. The molecule has 0 aromatic carbocycles. The molecular formula is C13H22N4OS. The summed E-state index contributed by atoms with van der Waals surface area (Å²) in [4.78, 5) is 13.9. The summed E-state index contributed by atoms with van der Waals surface area (Å²) in [7, 11) is 1.95. The Hall–Kier alpha value is -1.17. The van der Waals surface area contributed by atoms with E-state index in [0.29, 0.717) is 6.54 Å². The number of thioether (sulfide) groups is 1. The molecule has 0 atom stereocenters. The van der Waals surface area contributed by atoms with Crippen molar-refractivity contribution in [3.63, 3.8) is 0 Å². The molecular weight excluding hydrogens is 260 g/mol. The van der Waals surface area contributed by atoms with Crippen molar-refractivity contribution in [1.29, 1.82) is 0 Å². The molecule has 5 nitrogen and oxygen atoms in total. The van der Waals surface area contributed by atoms with Crippen molar-refractivity contribution in [3.05, 3.63) is 17.0 Å². The summed E-state index contributed by atoms with van der Waals surface area (Å²) in [6.45, 7) is 6.49. The second-order valence-electron chi connectivity index (χ2n) is 4.85. The second-order valence-corrected chi connectivity index (χ2v) is 6.08. The summed E-state index contributed by atoms with van der Waals surface area (Å²) in [5.41, 5.74) is 3.49. The molecule has 1 aromatic heterocycles. The second kappa shape index (κ2) is 6.32. The Morgan fingerprint density at radius 1 is 1.37 bits per heavy atom. The van der Waals surface area contributed by atoms with Crippen molar-refractivity contribution in [1.82, 2.24) is 20.0 Å². The van der Waals surface area contributed by atoms with Crippen LogP contribution in [-0.4, -0.2) is 51.9 Å². The molecule has 0 aliphatic carbocycles. The van der Waals surface area contributed by atoms with Crippen LogP contribution in [0.15, 0.2) is 0 Å². The van der Waals surface area contributed by atoms with Gasteiger partial charge in [0.05, 0.1) is 5.69 Å². The molecule has 2 rings (SSSR count). The number of nitrogens with zero attached hydrogens (tertiary/aromatic N) is 3. The van der Waals surface area contributed by atoms with Crippen molar-refractivity contribution in [2.75, 3.05) is 31.1 Å². The first-order valence-corrected chi connectivity index (χ1v) is 7.84. The van der Waals surface area contributed by atoms with Crippen LogP contribution in [0.4, 0.5) is 4.79 Å². The fraction of sp³-hybridized carbons (Fsp3) is 0.692. The van der Waals surface area contributed by atoms with E-state index in [4.69, 9.17) is 0 Å². The summed E-state index contributed by atoms with van der Waals surface area (Å²) < 4.78 is 1.90. The maximum atomic E-state index is 11.9. The third-order valence-corrected chi connectivity index (χ3v) is 4.55. The van der Waals surface area contributed by atoms with Crippen LogP contribution in [-0.2, 0) is 13.5 Å². The van der Waals surface area contributed by atoms with E-state index in [-0.39, 0.29) is 6.03 Å². The zero-order chi connectivity index (χ0) is 13.8. The Labute approximate surface area is 118 Å².